The minimum Gasteiger partial charge on any atom is -0.493 e. The molecule has 0 radical (unpaired) electrons. The lowest BCUT2D eigenvalue weighted by atomic mass is 10.1. The van der Waals surface area contributed by atoms with Gasteiger partial charge in [-0.15, -0.1) is 0 Å². The lowest BCUT2D eigenvalue weighted by molar-refractivity contribution is -0.113. The molecule has 1 saturated heterocycles. The van der Waals surface area contributed by atoms with Crippen LogP contribution in [0.1, 0.15) is 30.5 Å². The number of benzene rings is 2. The zero-order valence-electron chi connectivity index (χ0n) is 16.1. The third kappa shape index (κ3) is 3.24. The number of carbonyl (C=O) groups excluding carboxylic acids is 1. The van der Waals surface area contributed by atoms with Crippen LogP contribution < -0.4 is 19.7 Å². The molecular formula is C22H22N2O3S. The fourth-order valence-corrected chi connectivity index (χ4v) is 3.86. The van der Waals surface area contributed by atoms with Crippen molar-refractivity contribution in [3.05, 3.63) is 58.8 Å². The van der Waals surface area contributed by atoms with Crippen LogP contribution in [0.2, 0.25) is 0 Å². The standard InChI is InChI=1S/C22H22N2O3S/c1-4-26-19-11-15-9-14(3)27-20(15)12-16(19)10-17-21(25)24(22(28)23-17)18-8-6-5-7-13(18)2/h5-8,10-12,14H,4,9H2,1-3H3,(H,23,28)/b17-10-. The second kappa shape index (κ2) is 7.28. The van der Waals surface area contributed by atoms with E-state index >= 15 is 0 Å². The summed E-state index contributed by atoms with van der Waals surface area (Å²) in [6, 6.07) is 11.6. The number of amides is 1. The number of rotatable bonds is 4. The highest BCUT2D eigenvalue weighted by molar-refractivity contribution is 7.80. The topological polar surface area (TPSA) is 50.8 Å². The van der Waals surface area contributed by atoms with Crippen molar-refractivity contribution in [3.63, 3.8) is 0 Å². The van der Waals surface area contributed by atoms with Crippen LogP contribution in [0.25, 0.3) is 6.08 Å². The number of hydrogen-bond acceptors (Lipinski definition) is 4. The number of aryl methyl sites for hydroxylation is 1. The first-order chi connectivity index (χ1) is 13.5. The molecule has 0 aliphatic carbocycles. The highest BCUT2D eigenvalue weighted by atomic mass is 32.1. The molecule has 6 heteroatoms. The molecule has 1 atom stereocenters. The van der Waals surface area contributed by atoms with Crippen molar-refractivity contribution >= 4 is 35.0 Å². The predicted molar refractivity (Wildman–Crippen MR) is 114 cm³/mol. The first-order valence-corrected chi connectivity index (χ1v) is 9.78. The van der Waals surface area contributed by atoms with Crippen molar-refractivity contribution in [3.8, 4) is 11.5 Å². The van der Waals surface area contributed by atoms with E-state index in [9.17, 15) is 4.79 Å². The van der Waals surface area contributed by atoms with Gasteiger partial charge in [0.25, 0.3) is 5.91 Å². The second-order valence-corrected chi connectivity index (χ2v) is 7.37. The molecule has 28 heavy (non-hydrogen) atoms. The zero-order chi connectivity index (χ0) is 19.8. The third-order valence-corrected chi connectivity index (χ3v) is 5.15. The summed E-state index contributed by atoms with van der Waals surface area (Å²) in [5.74, 6) is 1.39. The summed E-state index contributed by atoms with van der Waals surface area (Å²) in [5.41, 5.74) is 4.10. The number of hydrogen-bond donors (Lipinski definition) is 1. The molecule has 2 heterocycles. The van der Waals surface area contributed by atoms with Gasteiger partial charge < -0.3 is 14.8 Å². The molecule has 0 saturated carbocycles. The normalized spacial score (nSPS) is 19.6. The summed E-state index contributed by atoms with van der Waals surface area (Å²) in [6.07, 6.45) is 2.78. The Labute approximate surface area is 169 Å². The SMILES string of the molecule is CCOc1cc2c(cc1/C=C1\NC(=S)N(c3ccccc3C)C1=O)OC(C)C2. The fraction of sp³-hybridized carbons (Fsp3) is 0.273. The molecule has 4 rings (SSSR count). The number of anilines is 1. The Hall–Kier alpha value is -2.86. The summed E-state index contributed by atoms with van der Waals surface area (Å²) in [7, 11) is 0. The van der Waals surface area contributed by atoms with Crippen LogP contribution in [0.3, 0.4) is 0 Å². The summed E-state index contributed by atoms with van der Waals surface area (Å²) >= 11 is 5.43. The van der Waals surface area contributed by atoms with E-state index in [4.69, 9.17) is 21.7 Å². The van der Waals surface area contributed by atoms with Gasteiger partial charge in [-0.3, -0.25) is 9.69 Å². The largest absolute Gasteiger partial charge is 0.493 e. The van der Waals surface area contributed by atoms with E-state index in [0.29, 0.717) is 17.4 Å². The van der Waals surface area contributed by atoms with Crippen molar-refractivity contribution in [2.45, 2.75) is 33.3 Å². The van der Waals surface area contributed by atoms with Gasteiger partial charge in [0.15, 0.2) is 5.11 Å². The van der Waals surface area contributed by atoms with Crippen molar-refractivity contribution in [2.75, 3.05) is 11.5 Å². The Balaban J connectivity index is 1.72. The number of fused-ring (bicyclic) bond motifs is 1. The Morgan fingerprint density at radius 1 is 1.36 bits per heavy atom. The Kier molecular flexibility index (Phi) is 4.81. The number of nitrogens with zero attached hydrogens (tertiary/aromatic N) is 1. The summed E-state index contributed by atoms with van der Waals surface area (Å²) in [6.45, 7) is 6.48. The maximum Gasteiger partial charge on any atom is 0.281 e. The monoisotopic (exact) mass is 394 g/mol. The second-order valence-electron chi connectivity index (χ2n) is 6.98. The van der Waals surface area contributed by atoms with Gasteiger partial charge in [0.05, 0.1) is 12.3 Å². The van der Waals surface area contributed by atoms with Crippen LogP contribution in [0.5, 0.6) is 11.5 Å². The van der Waals surface area contributed by atoms with Crippen molar-refractivity contribution in [2.24, 2.45) is 0 Å². The lowest BCUT2D eigenvalue weighted by Crippen LogP contribution is -2.30. The number of para-hydroxylation sites is 1. The van der Waals surface area contributed by atoms with E-state index in [-0.39, 0.29) is 12.0 Å². The van der Waals surface area contributed by atoms with Gasteiger partial charge in [0.1, 0.15) is 23.3 Å². The number of carbonyl (C=O) groups is 1. The first kappa shape index (κ1) is 18.5. The van der Waals surface area contributed by atoms with Crippen LogP contribution in [-0.2, 0) is 11.2 Å². The molecule has 0 aromatic heterocycles. The molecule has 1 fully saturated rings. The molecule has 5 nitrogen and oxygen atoms in total. The van der Waals surface area contributed by atoms with E-state index < -0.39 is 0 Å². The summed E-state index contributed by atoms with van der Waals surface area (Å²) in [4.78, 5) is 14.6. The summed E-state index contributed by atoms with van der Waals surface area (Å²) < 4.78 is 11.7. The van der Waals surface area contributed by atoms with Crippen LogP contribution in [-0.4, -0.2) is 23.7 Å². The van der Waals surface area contributed by atoms with Gasteiger partial charge in [-0.1, -0.05) is 18.2 Å². The molecule has 1 unspecified atom stereocenters. The van der Waals surface area contributed by atoms with Gasteiger partial charge in [-0.25, -0.2) is 0 Å². The quantitative estimate of drug-likeness (QED) is 0.628. The van der Waals surface area contributed by atoms with Crippen LogP contribution >= 0.6 is 12.2 Å². The molecular weight excluding hydrogens is 372 g/mol. The highest BCUT2D eigenvalue weighted by Gasteiger charge is 2.33. The molecule has 2 aromatic carbocycles. The van der Waals surface area contributed by atoms with E-state index in [2.05, 4.69) is 5.32 Å². The summed E-state index contributed by atoms with van der Waals surface area (Å²) in [5, 5.41) is 3.42. The number of ether oxygens (including phenoxy) is 2. The molecule has 0 spiro atoms. The lowest BCUT2D eigenvalue weighted by Gasteiger charge is -2.16. The fourth-order valence-electron chi connectivity index (χ4n) is 3.57. The molecule has 2 aromatic rings. The molecule has 144 valence electrons. The first-order valence-electron chi connectivity index (χ1n) is 9.37. The Morgan fingerprint density at radius 3 is 2.89 bits per heavy atom. The van der Waals surface area contributed by atoms with E-state index in [0.717, 1.165) is 40.3 Å². The van der Waals surface area contributed by atoms with Crippen molar-refractivity contribution < 1.29 is 14.3 Å². The van der Waals surface area contributed by atoms with E-state index in [1.165, 1.54) is 4.90 Å². The predicted octanol–water partition coefficient (Wildman–Crippen LogP) is 3.98. The third-order valence-electron chi connectivity index (χ3n) is 4.86. The molecule has 1 amide bonds. The Morgan fingerprint density at radius 2 is 2.14 bits per heavy atom. The van der Waals surface area contributed by atoms with Crippen LogP contribution in [0, 0.1) is 6.92 Å². The molecule has 2 aliphatic rings. The highest BCUT2D eigenvalue weighted by Crippen LogP contribution is 2.36. The Bertz CT molecular complexity index is 999. The van der Waals surface area contributed by atoms with Crippen molar-refractivity contribution in [1.82, 2.24) is 5.32 Å². The number of nitrogens with one attached hydrogen (secondary N) is 1. The van der Waals surface area contributed by atoms with E-state index in [1.807, 2.05) is 57.2 Å². The minimum atomic E-state index is -0.184. The van der Waals surface area contributed by atoms with Gasteiger partial charge in [-0.2, -0.15) is 0 Å². The van der Waals surface area contributed by atoms with Gasteiger partial charge in [0.2, 0.25) is 0 Å². The average molecular weight is 394 g/mol. The molecule has 0 bridgehead atoms. The number of thiocarbonyl (C=S) groups is 1. The minimum absolute atomic E-state index is 0.141. The van der Waals surface area contributed by atoms with Crippen molar-refractivity contribution in [1.29, 1.82) is 0 Å². The molecule has 1 N–H and O–H groups in total. The maximum atomic E-state index is 13.1. The maximum absolute atomic E-state index is 13.1. The average Bonchev–Trinajstić information content (AvgIpc) is 3.14. The van der Waals surface area contributed by atoms with Gasteiger partial charge in [0, 0.05) is 17.5 Å². The molecule has 2 aliphatic heterocycles. The van der Waals surface area contributed by atoms with Gasteiger partial charge in [-0.05, 0) is 62.8 Å². The van der Waals surface area contributed by atoms with Crippen LogP contribution in [0.4, 0.5) is 5.69 Å². The van der Waals surface area contributed by atoms with Gasteiger partial charge >= 0.3 is 0 Å². The smallest absolute Gasteiger partial charge is 0.281 e. The van der Waals surface area contributed by atoms with Crippen LogP contribution in [0.15, 0.2) is 42.1 Å². The zero-order valence-corrected chi connectivity index (χ0v) is 16.9. The van der Waals surface area contributed by atoms with E-state index in [1.54, 1.807) is 6.08 Å².